The highest BCUT2D eigenvalue weighted by molar-refractivity contribution is 7.96. The van der Waals surface area contributed by atoms with E-state index in [0.29, 0.717) is 6.42 Å². The van der Waals surface area contributed by atoms with Crippen molar-refractivity contribution in [1.29, 1.82) is 0 Å². The molecule has 3 aromatic carbocycles. The smallest absolute Gasteiger partial charge is 0.334 e. The summed E-state index contributed by atoms with van der Waals surface area (Å²) in [6.07, 6.45) is 1.60. The van der Waals surface area contributed by atoms with Crippen molar-refractivity contribution < 1.29 is 9.53 Å². The van der Waals surface area contributed by atoms with Gasteiger partial charge in [0.2, 0.25) is 0 Å². The number of rotatable bonds is 6. The summed E-state index contributed by atoms with van der Waals surface area (Å²) in [5.41, 5.74) is 0. The number of esters is 1. The average Bonchev–Trinajstić information content (AvgIpc) is 2.75. The van der Waals surface area contributed by atoms with E-state index in [0.717, 1.165) is 11.7 Å². The Bertz CT molecular complexity index is 828. The molecule has 27 heavy (non-hydrogen) atoms. The van der Waals surface area contributed by atoms with E-state index >= 15 is 0 Å². The van der Waals surface area contributed by atoms with Crippen molar-refractivity contribution in [2.24, 2.45) is 0 Å². The molecule has 0 unspecified atom stereocenters. The summed E-state index contributed by atoms with van der Waals surface area (Å²) in [5, 5.41) is 4.40. The second kappa shape index (κ2) is 8.88. The van der Waals surface area contributed by atoms with Gasteiger partial charge in [-0.25, -0.2) is 4.79 Å². The van der Waals surface area contributed by atoms with Crippen molar-refractivity contribution in [3.8, 4) is 0 Å². The number of hydrogen-bond donors (Lipinski definition) is 0. The summed E-state index contributed by atoms with van der Waals surface area (Å²) in [6.45, 7) is -0.201. The van der Waals surface area contributed by atoms with Crippen LogP contribution in [0, 0.1) is 0 Å². The van der Waals surface area contributed by atoms with Crippen molar-refractivity contribution in [3.63, 3.8) is 0 Å². The van der Waals surface area contributed by atoms with Gasteiger partial charge in [0.15, 0.2) is 0 Å². The molecular weight excluding hydrogens is 351 g/mol. The second-order valence-electron chi connectivity index (χ2n) is 6.37. The van der Waals surface area contributed by atoms with Gasteiger partial charge in [0, 0.05) is 5.29 Å². The molecule has 0 atom stereocenters. The lowest BCUT2D eigenvalue weighted by molar-refractivity contribution is -0.132. The molecule has 0 amide bonds. The number of hydrogen-bond acceptors (Lipinski definition) is 2. The molecule has 2 nitrogen and oxygen atoms in total. The normalized spacial score (nSPS) is 11.0. The lowest BCUT2D eigenvalue weighted by Crippen LogP contribution is -2.34. The molecule has 0 aliphatic carbocycles. The Morgan fingerprint density at radius 1 is 0.741 bits per heavy atom. The molecule has 0 saturated carbocycles. The first kappa shape index (κ1) is 19.2. The minimum absolute atomic E-state index is 0.207. The number of carbonyl (C=O) groups excluding carboxylic acids is 1. The maximum Gasteiger partial charge on any atom is 0.334 e. The van der Waals surface area contributed by atoms with Crippen molar-refractivity contribution in [1.82, 2.24) is 0 Å². The molecule has 0 radical (unpaired) electrons. The predicted molar refractivity (Wildman–Crippen MR) is 117 cm³/mol. The molecule has 0 heterocycles. The van der Waals surface area contributed by atoms with Crippen molar-refractivity contribution in [2.75, 3.05) is 7.11 Å². The van der Waals surface area contributed by atoms with E-state index in [2.05, 4.69) is 79.7 Å². The van der Waals surface area contributed by atoms with Gasteiger partial charge in [-0.2, -0.15) is 0 Å². The molecule has 0 spiro atoms. The van der Waals surface area contributed by atoms with Gasteiger partial charge in [0.1, 0.15) is 0 Å². The number of benzene rings is 3. The SMILES string of the molecule is CCCC(C(=O)OC)=P(c1ccccc1)(c1ccccc1)c1ccccc1. The first-order chi connectivity index (χ1) is 13.2. The largest absolute Gasteiger partial charge is 0.466 e. The Morgan fingerprint density at radius 3 is 1.41 bits per heavy atom. The van der Waals surface area contributed by atoms with Crippen LogP contribution in [0.25, 0.3) is 0 Å². The third-order valence-corrected chi connectivity index (χ3v) is 9.18. The molecule has 138 valence electrons. The van der Waals surface area contributed by atoms with Gasteiger partial charge >= 0.3 is 5.97 Å². The van der Waals surface area contributed by atoms with Crippen molar-refractivity contribution in [3.05, 3.63) is 91.0 Å². The monoisotopic (exact) mass is 376 g/mol. The highest BCUT2D eigenvalue weighted by Crippen LogP contribution is 2.47. The van der Waals surface area contributed by atoms with E-state index in [1.807, 2.05) is 18.2 Å². The molecule has 3 rings (SSSR count). The summed E-state index contributed by atoms with van der Waals surface area (Å²) < 4.78 is 5.29. The zero-order valence-electron chi connectivity index (χ0n) is 15.8. The third kappa shape index (κ3) is 3.63. The highest BCUT2D eigenvalue weighted by Gasteiger charge is 2.32. The van der Waals surface area contributed by atoms with Gasteiger partial charge in [0.05, 0.1) is 7.11 Å². The molecule has 0 aromatic heterocycles. The number of carbonyl (C=O) groups is 1. The molecule has 0 aliphatic rings. The predicted octanol–water partition coefficient (Wildman–Crippen LogP) is 4.13. The maximum absolute atomic E-state index is 13.0. The number of ether oxygens (including phenoxy) is 1. The second-order valence-corrected chi connectivity index (χ2v) is 9.80. The van der Waals surface area contributed by atoms with E-state index < -0.39 is 6.89 Å². The zero-order chi connectivity index (χ0) is 19.1. The number of methoxy groups -OCH3 is 1. The first-order valence-electron chi connectivity index (χ1n) is 9.25. The van der Waals surface area contributed by atoms with Gasteiger partial charge < -0.3 is 4.74 Å². The Kier molecular flexibility index (Phi) is 6.32. The minimum atomic E-state index is -2.31. The van der Waals surface area contributed by atoms with Crippen LogP contribution in [0.15, 0.2) is 91.0 Å². The Balaban J connectivity index is 2.56. The molecule has 0 N–H and O–H groups in total. The molecule has 0 aliphatic heterocycles. The standard InChI is InChI=1S/C24H25O2P/c1-3-13-23(24(25)26-2)27(20-14-7-4-8-15-20,21-16-9-5-10-17-21)22-18-11-6-12-19-22/h4-12,14-19H,3,13H2,1-2H3. The quantitative estimate of drug-likeness (QED) is 0.478. The highest BCUT2D eigenvalue weighted by atomic mass is 31.2. The Labute approximate surface area is 161 Å². The van der Waals surface area contributed by atoms with Crippen LogP contribution >= 0.6 is 6.89 Å². The Hall–Kier alpha value is -2.57. The van der Waals surface area contributed by atoms with Crippen LogP contribution in [0.3, 0.4) is 0 Å². The summed E-state index contributed by atoms with van der Waals surface area (Å²) in [7, 11) is 1.48. The fourth-order valence-corrected chi connectivity index (χ4v) is 8.24. The van der Waals surface area contributed by atoms with E-state index in [1.54, 1.807) is 0 Å². The molecular formula is C24H25O2P. The minimum Gasteiger partial charge on any atom is -0.466 e. The lowest BCUT2D eigenvalue weighted by Gasteiger charge is -2.32. The van der Waals surface area contributed by atoms with Gasteiger partial charge in [-0.05, 0) is 29.2 Å². The van der Waals surface area contributed by atoms with Gasteiger partial charge in [-0.15, -0.1) is 0 Å². The van der Waals surface area contributed by atoms with Crippen molar-refractivity contribution >= 4 is 34.1 Å². The zero-order valence-corrected chi connectivity index (χ0v) is 16.7. The van der Waals surface area contributed by atoms with E-state index in [9.17, 15) is 4.79 Å². The van der Waals surface area contributed by atoms with Crippen LogP contribution in [-0.2, 0) is 9.53 Å². The summed E-state index contributed by atoms with van der Waals surface area (Å²) in [6, 6.07) is 31.2. The fourth-order valence-electron chi connectivity index (χ4n) is 3.63. The van der Waals surface area contributed by atoms with E-state index in [4.69, 9.17) is 4.74 Å². The molecule has 0 fully saturated rings. The molecule has 0 bridgehead atoms. The maximum atomic E-state index is 13.0. The van der Waals surface area contributed by atoms with E-state index in [1.165, 1.54) is 23.0 Å². The lowest BCUT2D eigenvalue weighted by atomic mass is 10.2. The molecule has 3 heteroatoms. The molecule has 3 aromatic rings. The van der Waals surface area contributed by atoms with Crippen molar-refractivity contribution in [2.45, 2.75) is 19.8 Å². The summed E-state index contributed by atoms with van der Waals surface area (Å²) >= 11 is 0. The third-order valence-electron chi connectivity index (χ3n) is 4.74. The van der Waals surface area contributed by atoms with Crippen LogP contribution in [-0.4, -0.2) is 18.4 Å². The fraction of sp³-hybridized carbons (Fsp3) is 0.167. The van der Waals surface area contributed by atoms with Gasteiger partial charge in [-0.3, -0.25) is 0 Å². The van der Waals surface area contributed by atoms with Crippen LogP contribution in [0.2, 0.25) is 0 Å². The first-order valence-corrected chi connectivity index (χ1v) is 11.0. The van der Waals surface area contributed by atoms with Crippen LogP contribution in [0.5, 0.6) is 0 Å². The van der Waals surface area contributed by atoms with E-state index in [-0.39, 0.29) is 5.97 Å². The van der Waals surface area contributed by atoms with Crippen LogP contribution < -0.4 is 15.9 Å². The summed E-state index contributed by atoms with van der Waals surface area (Å²) in [4.78, 5) is 13.0. The summed E-state index contributed by atoms with van der Waals surface area (Å²) in [5.74, 6) is -0.207. The Morgan fingerprint density at radius 2 is 1.11 bits per heavy atom. The van der Waals surface area contributed by atoms with Gasteiger partial charge in [-0.1, -0.05) is 104 Å². The van der Waals surface area contributed by atoms with Crippen LogP contribution in [0.4, 0.5) is 0 Å². The molecule has 0 saturated heterocycles. The van der Waals surface area contributed by atoms with Gasteiger partial charge in [0.25, 0.3) is 0 Å². The average molecular weight is 376 g/mol. The topological polar surface area (TPSA) is 26.3 Å². The van der Waals surface area contributed by atoms with Crippen LogP contribution in [0.1, 0.15) is 19.8 Å².